The summed E-state index contributed by atoms with van der Waals surface area (Å²) in [6.07, 6.45) is 2.94. The average molecular weight is 795 g/mol. The minimum absolute atomic E-state index is 0.346. The molecule has 0 nitrogen and oxygen atoms in total. The molecule has 0 saturated carbocycles. The highest BCUT2D eigenvalue weighted by atomic mass is 14.5. The van der Waals surface area contributed by atoms with Crippen LogP contribution in [0.1, 0.15) is 57.0 Å². The summed E-state index contributed by atoms with van der Waals surface area (Å²) in [5.74, 6) is 0. The minimum Gasteiger partial charge on any atom is -0.0984 e. The van der Waals surface area contributed by atoms with E-state index in [1.165, 1.54) is 111 Å². The van der Waals surface area contributed by atoms with Gasteiger partial charge in [0.15, 0.2) is 0 Å². The monoisotopic (exact) mass is 794 g/mol. The normalized spacial score (nSPS) is 12.5. The van der Waals surface area contributed by atoms with E-state index in [1.54, 1.807) is 0 Å². The molecule has 0 N–H and O–H groups in total. The minimum atomic E-state index is -0.346. The van der Waals surface area contributed by atoms with Crippen LogP contribution in [0.4, 0.5) is 0 Å². The van der Waals surface area contributed by atoms with E-state index in [1.807, 2.05) is 24.3 Å². The molecule has 11 rings (SSSR count). The van der Waals surface area contributed by atoms with E-state index in [0.29, 0.717) is 0 Å². The molecule has 0 radical (unpaired) electrons. The molecule has 0 amide bonds. The Morgan fingerprint density at radius 2 is 0.903 bits per heavy atom. The number of fused-ring (bicyclic) bond motifs is 10. The molecule has 2 aliphatic carbocycles. The number of benzene rings is 9. The molecule has 1 spiro atoms. The fourth-order valence-electron chi connectivity index (χ4n) is 10.4. The Labute approximate surface area is 367 Å². The van der Waals surface area contributed by atoms with Crippen LogP contribution >= 0.6 is 0 Å². The van der Waals surface area contributed by atoms with Crippen LogP contribution in [0.2, 0.25) is 0 Å². The lowest BCUT2D eigenvalue weighted by atomic mass is 9.70. The molecule has 0 aromatic heterocycles. The summed E-state index contributed by atoms with van der Waals surface area (Å²) in [4.78, 5) is 0. The largest absolute Gasteiger partial charge is 0.0984 e. The van der Waals surface area contributed by atoms with Gasteiger partial charge in [0, 0.05) is 0 Å². The summed E-state index contributed by atoms with van der Waals surface area (Å²) in [6.45, 7) is 13.0. The van der Waals surface area contributed by atoms with Gasteiger partial charge in [-0.2, -0.15) is 0 Å². The molecule has 298 valence electrons. The van der Waals surface area contributed by atoms with Crippen LogP contribution in [-0.4, -0.2) is 0 Å². The Balaban J connectivity index is 0.000000598. The molecule has 0 atom stereocenters. The smallest absolute Gasteiger partial charge is 0.0725 e. The number of hydrogen-bond acceptors (Lipinski definition) is 0. The third-order valence-corrected chi connectivity index (χ3v) is 13.3. The number of aryl methyl sites for hydroxylation is 4. The molecule has 0 fully saturated rings. The zero-order chi connectivity index (χ0) is 42.4. The van der Waals surface area contributed by atoms with Gasteiger partial charge in [0.2, 0.25) is 0 Å². The van der Waals surface area contributed by atoms with E-state index in [9.17, 15) is 0 Å². The van der Waals surface area contributed by atoms with Crippen molar-refractivity contribution in [3.05, 3.63) is 257 Å². The number of hydrogen-bond donors (Lipinski definition) is 0. The molecule has 0 aliphatic heterocycles. The molecular formula is C62H50. The van der Waals surface area contributed by atoms with E-state index >= 15 is 0 Å². The topological polar surface area (TPSA) is 0 Å². The maximum atomic E-state index is 4.29. The average Bonchev–Trinajstić information content (AvgIpc) is 3.80. The first kappa shape index (κ1) is 38.9. The van der Waals surface area contributed by atoms with Crippen molar-refractivity contribution in [3.8, 4) is 66.8 Å². The van der Waals surface area contributed by atoms with Crippen LogP contribution in [0, 0.1) is 20.8 Å². The molecule has 62 heavy (non-hydrogen) atoms. The standard InChI is InChI=1S/C55H42.C7H8/c1-5-37-32-39(40-27-26-36(4)49(34-40)42-17-8-7-16-35(42)3)28-30-43(37)44-31-29-41(33-38(44)6-2)45-21-15-25-53-54(45)48-20-11-14-24-52(48)55(53)50-22-12-9-18-46(50)47-19-10-13-23-51(47)55;1-7-5-3-2-4-6-7/h5,7-34H,1,6H2,2-4H3;2-6H,1H3. The van der Waals surface area contributed by atoms with Gasteiger partial charge in [0.05, 0.1) is 5.41 Å². The summed E-state index contributed by atoms with van der Waals surface area (Å²) in [5.41, 5.74) is 26.9. The van der Waals surface area contributed by atoms with Gasteiger partial charge in [-0.1, -0.05) is 213 Å². The van der Waals surface area contributed by atoms with Gasteiger partial charge >= 0.3 is 0 Å². The van der Waals surface area contributed by atoms with Crippen molar-refractivity contribution >= 4 is 6.08 Å². The van der Waals surface area contributed by atoms with Crippen molar-refractivity contribution in [3.63, 3.8) is 0 Å². The van der Waals surface area contributed by atoms with Crippen molar-refractivity contribution in [2.24, 2.45) is 0 Å². The third-order valence-electron chi connectivity index (χ3n) is 13.3. The summed E-state index contributed by atoms with van der Waals surface area (Å²) < 4.78 is 0. The van der Waals surface area contributed by atoms with Crippen LogP contribution in [0.3, 0.4) is 0 Å². The highest BCUT2D eigenvalue weighted by molar-refractivity contribution is 6.00. The lowest BCUT2D eigenvalue weighted by Gasteiger charge is -2.30. The van der Waals surface area contributed by atoms with E-state index in [2.05, 4.69) is 216 Å². The molecule has 9 aromatic rings. The van der Waals surface area contributed by atoms with Crippen molar-refractivity contribution in [1.29, 1.82) is 0 Å². The van der Waals surface area contributed by atoms with Crippen LogP contribution in [0.25, 0.3) is 72.8 Å². The molecular weight excluding hydrogens is 745 g/mol. The van der Waals surface area contributed by atoms with Gasteiger partial charge in [-0.05, 0) is 151 Å². The zero-order valence-corrected chi connectivity index (χ0v) is 36.0. The number of rotatable bonds is 6. The molecule has 9 aromatic carbocycles. The summed E-state index contributed by atoms with van der Waals surface area (Å²) in [7, 11) is 0. The molecule has 0 saturated heterocycles. The van der Waals surface area contributed by atoms with E-state index < -0.39 is 0 Å². The van der Waals surface area contributed by atoms with Crippen LogP contribution < -0.4 is 0 Å². The Hall–Kier alpha value is -7.28. The summed E-state index contributed by atoms with van der Waals surface area (Å²) in [5, 5.41) is 0. The Kier molecular flexibility index (Phi) is 10.0. The molecule has 0 unspecified atom stereocenters. The van der Waals surface area contributed by atoms with Crippen LogP contribution in [0.5, 0.6) is 0 Å². The van der Waals surface area contributed by atoms with Gasteiger partial charge in [0.25, 0.3) is 0 Å². The Bertz CT molecular complexity index is 3110. The Morgan fingerprint density at radius 3 is 1.55 bits per heavy atom. The molecule has 0 bridgehead atoms. The lowest BCUT2D eigenvalue weighted by molar-refractivity contribution is 0.794. The zero-order valence-electron chi connectivity index (χ0n) is 36.0. The molecule has 0 heterocycles. The highest BCUT2D eigenvalue weighted by Crippen LogP contribution is 2.64. The fraction of sp³-hybridized carbons (Fsp3) is 0.0968. The van der Waals surface area contributed by atoms with Gasteiger partial charge in [-0.3, -0.25) is 0 Å². The Morgan fingerprint density at radius 1 is 0.387 bits per heavy atom. The van der Waals surface area contributed by atoms with Crippen molar-refractivity contribution in [2.75, 3.05) is 0 Å². The summed E-state index contributed by atoms with van der Waals surface area (Å²) >= 11 is 0. The first-order chi connectivity index (χ1) is 30.4. The van der Waals surface area contributed by atoms with E-state index in [4.69, 9.17) is 0 Å². The first-order valence-electron chi connectivity index (χ1n) is 21.9. The maximum Gasteiger partial charge on any atom is 0.0725 e. The predicted octanol–water partition coefficient (Wildman–Crippen LogP) is 16.5. The second kappa shape index (κ2) is 16.0. The SMILES string of the molecule is C=Cc1cc(-c2ccc(C)c(-c3ccccc3C)c2)ccc1-c1ccc(-c2cccc3c2-c2ccccc2C32c3ccccc3-c3ccccc32)cc1CC.Cc1ccccc1. The third kappa shape index (κ3) is 6.29. The van der Waals surface area contributed by atoms with Gasteiger partial charge < -0.3 is 0 Å². The van der Waals surface area contributed by atoms with Crippen molar-refractivity contribution in [2.45, 2.75) is 39.5 Å². The van der Waals surface area contributed by atoms with Crippen molar-refractivity contribution in [1.82, 2.24) is 0 Å². The van der Waals surface area contributed by atoms with E-state index in [-0.39, 0.29) is 5.41 Å². The lowest BCUT2D eigenvalue weighted by Crippen LogP contribution is -2.25. The molecule has 2 aliphatic rings. The molecule has 0 heteroatoms. The second-order valence-electron chi connectivity index (χ2n) is 16.8. The van der Waals surface area contributed by atoms with Gasteiger partial charge in [-0.25, -0.2) is 0 Å². The quantitative estimate of drug-likeness (QED) is 0.157. The van der Waals surface area contributed by atoms with Crippen LogP contribution in [0.15, 0.2) is 207 Å². The second-order valence-corrected chi connectivity index (χ2v) is 16.8. The van der Waals surface area contributed by atoms with Gasteiger partial charge in [0.1, 0.15) is 0 Å². The maximum absolute atomic E-state index is 4.29. The summed E-state index contributed by atoms with van der Waals surface area (Å²) in [6, 6.07) is 73.9. The van der Waals surface area contributed by atoms with E-state index in [0.717, 1.165) is 12.0 Å². The highest BCUT2D eigenvalue weighted by Gasteiger charge is 2.51. The first-order valence-corrected chi connectivity index (χ1v) is 21.9. The fourth-order valence-corrected chi connectivity index (χ4v) is 10.4. The predicted molar refractivity (Wildman–Crippen MR) is 265 cm³/mol. The van der Waals surface area contributed by atoms with Crippen molar-refractivity contribution < 1.29 is 0 Å². The van der Waals surface area contributed by atoms with Crippen LogP contribution in [-0.2, 0) is 11.8 Å². The van der Waals surface area contributed by atoms with Gasteiger partial charge in [-0.15, -0.1) is 0 Å².